The van der Waals surface area contributed by atoms with Crippen LogP contribution in [0.4, 0.5) is 10.1 Å². The topological polar surface area (TPSA) is 88.9 Å². The van der Waals surface area contributed by atoms with E-state index < -0.39 is 15.8 Å². The van der Waals surface area contributed by atoms with Gasteiger partial charge in [0.2, 0.25) is 10.0 Å². The first-order chi connectivity index (χ1) is 16.1. The quantitative estimate of drug-likeness (QED) is 0.500. The number of hydrogen-bond donors (Lipinski definition) is 1. The van der Waals surface area contributed by atoms with Crippen molar-refractivity contribution in [3.8, 4) is 17.1 Å². The molecule has 1 amide bonds. The summed E-state index contributed by atoms with van der Waals surface area (Å²) in [5.74, 6) is -0.154. The molecule has 1 saturated carbocycles. The Morgan fingerprint density at radius 2 is 1.82 bits per heavy atom. The van der Waals surface area contributed by atoms with Crippen molar-refractivity contribution in [2.24, 2.45) is 0 Å². The molecule has 4 rings (SSSR count). The monoisotopic (exact) mass is 488 g/mol. The lowest BCUT2D eigenvalue weighted by Crippen LogP contribution is -2.38. The lowest BCUT2D eigenvalue weighted by Gasteiger charge is -2.30. The highest BCUT2D eigenvalue weighted by atomic mass is 32.2. The van der Waals surface area contributed by atoms with E-state index in [-0.39, 0.29) is 29.4 Å². The summed E-state index contributed by atoms with van der Waals surface area (Å²) in [4.78, 5) is 12.9. The van der Waals surface area contributed by atoms with E-state index in [9.17, 15) is 17.6 Å². The maximum Gasteiger partial charge on any atom is 0.255 e. The van der Waals surface area contributed by atoms with E-state index in [0.717, 1.165) is 25.7 Å². The second kappa shape index (κ2) is 9.29. The average molecular weight is 489 g/mol. The Morgan fingerprint density at radius 1 is 1.18 bits per heavy atom. The van der Waals surface area contributed by atoms with Gasteiger partial charge in [0, 0.05) is 30.1 Å². The van der Waals surface area contributed by atoms with Crippen molar-refractivity contribution in [1.82, 2.24) is 5.32 Å². The summed E-state index contributed by atoms with van der Waals surface area (Å²) < 4.78 is 52.9. The average Bonchev–Trinajstić information content (AvgIpc) is 3.41. The number of carbonyl (C=O) groups is 1. The van der Waals surface area contributed by atoms with Gasteiger partial charge in [0.05, 0.1) is 23.6 Å². The molecule has 34 heavy (non-hydrogen) atoms. The minimum absolute atomic E-state index is 0.174. The summed E-state index contributed by atoms with van der Waals surface area (Å²) in [6, 6.07) is 8.78. The lowest BCUT2D eigenvalue weighted by molar-refractivity contribution is 0.0964. The molecule has 0 unspecified atom stereocenters. The van der Waals surface area contributed by atoms with E-state index in [1.54, 1.807) is 12.1 Å². The lowest BCUT2D eigenvalue weighted by atomic mass is 10.0. The molecule has 0 saturated heterocycles. The number of anilines is 1. The molecule has 7 nitrogen and oxygen atoms in total. The van der Waals surface area contributed by atoms with Crippen molar-refractivity contribution in [2.75, 3.05) is 17.6 Å². The number of sulfonamides is 1. The van der Waals surface area contributed by atoms with E-state index in [1.807, 2.05) is 13.8 Å². The van der Waals surface area contributed by atoms with Crippen LogP contribution in [-0.2, 0) is 10.0 Å². The molecule has 3 aromatic rings. The summed E-state index contributed by atoms with van der Waals surface area (Å²) in [5, 5.41) is 3.11. The van der Waals surface area contributed by atoms with E-state index >= 15 is 0 Å². The van der Waals surface area contributed by atoms with Crippen LogP contribution in [0.15, 0.2) is 40.8 Å². The van der Waals surface area contributed by atoms with Gasteiger partial charge in [-0.15, -0.1) is 0 Å². The molecule has 9 heteroatoms. The third-order valence-electron chi connectivity index (χ3n) is 5.94. The first kappa shape index (κ1) is 24.1. The molecule has 1 aromatic heterocycles. The number of benzene rings is 2. The Labute approximate surface area is 198 Å². The van der Waals surface area contributed by atoms with Gasteiger partial charge in [0.1, 0.15) is 22.9 Å². The third-order valence-corrected chi connectivity index (χ3v) is 7.15. The fourth-order valence-electron chi connectivity index (χ4n) is 4.57. The number of furan rings is 1. The summed E-state index contributed by atoms with van der Waals surface area (Å²) in [7, 11) is -2.10. The Bertz CT molecular complexity index is 1310. The first-order valence-electron chi connectivity index (χ1n) is 11.3. The van der Waals surface area contributed by atoms with Gasteiger partial charge in [0.15, 0.2) is 0 Å². The van der Waals surface area contributed by atoms with Crippen molar-refractivity contribution < 1.29 is 26.8 Å². The van der Waals surface area contributed by atoms with E-state index in [1.165, 1.54) is 41.9 Å². The highest BCUT2D eigenvalue weighted by Gasteiger charge is 2.33. The minimum Gasteiger partial charge on any atom is -0.489 e. The molecular formula is C25H29FN2O5S. The number of ether oxygens (including phenoxy) is 1. The van der Waals surface area contributed by atoms with Gasteiger partial charge in [-0.1, -0.05) is 12.8 Å². The fraction of sp³-hybridized carbons (Fsp3) is 0.400. The van der Waals surface area contributed by atoms with Crippen LogP contribution in [0.25, 0.3) is 22.3 Å². The SMILES string of the molecule is CNC(=O)c1c(-c2ccc(F)cc2)oc2cc(N(C3CCCC3)S(C)(=O)=O)c(OC(C)C)cc12. The zero-order chi connectivity index (χ0) is 24.6. The minimum atomic E-state index is -3.62. The van der Waals surface area contributed by atoms with Gasteiger partial charge in [-0.05, 0) is 57.0 Å². The summed E-state index contributed by atoms with van der Waals surface area (Å²) >= 11 is 0. The number of fused-ring (bicyclic) bond motifs is 1. The van der Waals surface area contributed by atoms with Crippen molar-refractivity contribution in [2.45, 2.75) is 51.7 Å². The summed E-state index contributed by atoms with van der Waals surface area (Å²) in [6.07, 6.45) is 4.39. The highest BCUT2D eigenvalue weighted by molar-refractivity contribution is 7.92. The van der Waals surface area contributed by atoms with E-state index in [2.05, 4.69) is 5.32 Å². The van der Waals surface area contributed by atoms with Crippen molar-refractivity contribution in [3.05, 3.63) is 47.8 Å². The van der Waals surface area contributed by atoms with Gasteiger partial charge in [-0.3, -0.25) is 9.10 Å². The standard InChI is InChI=1S/C25H29FN2O5S/c1-15(2)32-22-13-19-21(14-20(22)28(34(4,30)31)18-7-5-6-8-18)33-24(23(19)25(29)27-3)16-9-11-17(26)12-10-16/h9-15,18H,5-8H2,1-4H3,(H,27,29). The van der Waals surface area contributed by atoms with Crippen LogP contribution in [0.5, 0.6) is 5.75 Å². The van der Waals surface area contributed by atoms with E-state index in [4.69, 9.17) is 9.15 Å². The van der Waals surface area contributed by atoms with Gasteiger partial charge < -0.3 is 14.5 Å². The van der Waals surface area contributed by atoms with Crippen LogP contribution in [0, 0.1) is 5.82 Å². The fourth-order valence-corrected chi connectivity index (χ4v) is 5.83. The number of hydrogen-bond acceptors (Lipinski definition) is 5. The predicted octanol–water partition coefficient (Wildman–Crippen LogP) is 5.09. The first-order valence-corrected chi connectivity index (χ1v) is 13.2. The maximum atomic E-state index is 13.5. The van der Waals surface area contributed by atoms with Crippen LogP contribution in [0.1, 0.15) is 49.9 Å². The predicted molar refractivity (Wildman–Crippen MR) is 130 cm³/mol. The second-order valence-electron chi connectivity index (χ2n) is 8.87. The molecule has 1 fully saturated rings. The summed E-state index contributed by atoms with van der Waals surface area (Å²) in [5.41, 5.74) is 1.53. The van der Waals surface area contributed by atoms with E-state index in [0.29, 0.717) is 28.0 Å². The molecule has 0 spiro atoms. The normalized spacial score (nSPS) is 14.6. The number of rotatable bonds is 7. The number of halogens is 1. The molecule has 182 valence electrons. The molecule has 0 bridgehead atoms. The van der Waals surface area contributed by atoms with Crippen molar-refractivity contribution >= 4 is 32.6 Å². The Kier molecular flexibility index (Phi) is 6.58. The van der Waals surface area contributed by atoms with Gasteiger partial charge in [-0.25, -0.2) is 12.8 Å². The molecule has 0 aliphatic heterocycles. The smallest absolute Gasteiger partial charge is 0.255 e. The molecule has 1 aliphatic carbocycles. The van der Waals surface area contributed by atoms with Crippen LogP contribution in [-0.4, -0.2) is 39.8 Å². The van der Waals surface area contributed by atoms with Gasteiger partial charge >= 0.3 is 0 Å². The molecule has 0 atom stereocenters. The third kappa shape index (κ3) is 4.61. The highest BCUT2D eigenvalue weighted by Crippen LogP contribution is 2.43. The van der Waals surface area contributed by atoms with Crippen LogP contribution < -0.4 is 14.4 Å². The Hall–Kier alpha value is -3.07. The van der Waals surface area contributed by atoms with Crippen LogP contribution in [0.3, 0.4) is 0 Å². The number of carbonyl (C=O) groups excluding carboxylic acids is 1. The van der Waals surface area contributed by atoms with Crippen LogP contribution in [0.2, 0.25) is 0 Å². The Balaban J connectivity index is 2.00. The summed E-state index contributed by atoms with van der Waals surface area (Å²) in [6.45, 7) is 3.71. The van der Waals surface area contributed by atoms with Crippen molar-refractivity contribution in [1.29, 1.82) is 0 Å². The largest absolute Gasteiger partial charge is 0.489 e. The van der Waals surface area contributed by atoms with Crippen LogP contribution >= 0.6 is 0 Å². The molecule has 1 aliphatic rings. The van der Waals surface area contributed by atoms with Gasteiger partial charge in [-0.2, -0.15) is 0 Å². The number of nitrogens with zero attached hydrogens (tertiary/aromatic N) is 1. The molecule has 1 N–H and O–H groups in total. The van der Waals surface area contributed by atoms with Gasteiger partial charge in [0.25, 0.3) is 5.91 Å². The molecule has 0 radical (unpaired) electrons. The molecular weight excluding hydrogens is 459 g/mol. The molecule has 2 aromatic carbocycles. The zero-order valence-corrected chi connectivity index (χ0v) is 20.5. The molecule has 1 heterocycles. The maximum absolute atomic E-state index is 13.5. The zero-order valence-electron chi connectivity index (χ0n) is 19.7. The Morgan fingerprint density at radius 3 is 2.38 bits per heavy atom. The second-order valence-corrected chi connectivity index (χ2v) is 10.7. The van der Waals surface area contributed by atoms with Crippen molar-refractivity contribution in [3.63, 3.8) is 0 Å². The number of nitrogens with one attached hydrogen (secondary N) is 1. The number of amides is 1.